The Morgan fingerprint density at radius 2 is 1.85 bits per heavy atom. The van der Waals surface area contributed by atoms with Crippen LogP contribution in [0.1, 0.15) is 64.4 Å². The van der Waals surface area contributed by atoms with Crippen molar-refractivity contribution in [3.05, 3.63) is 23.8 Å². The average Bonchev–Trinajstić information content (AvgIpc) is 2.82. The minimum Gasteiger partial charge on any atom is -0.493 e. The standard InChI is InChI=1S/C25H40N4O4/c1-5-17(2)16-27-24(31)20(13-18-9-7-6-8-10-18)28-25(26)29-23(30)15-19-11-12-21(32-3)22(14-19)33-4/h11-12,14,17-18,20H,5-10,13,15-16H2,1-4H3,(H,27,31)(H3,26,28,29,30)/t17-,20+/m0/s1. The molecule has 0 aromatic heterocycles. The van der Waals surface area contributed by atoms with Gasteiger partial charge in [0.25, 0.3) is 0 Å². The molecule has 184 valence electrons. The largest absolute Gasteiger partial charge is 0.493 e. The number of hydrogen-bond acceptors (Lipinski definition) is 5. The number of methoxy groups -OCH3 is 2. The van der Waals surface area contributed by atoms with Crippen LogP contribution in [0.25, 0.3) is 0 Å². The molecule has 2 atom stereocenters. The van der Waals surface area contributed by atoms with E-state index in [9.17, 15) is 9.59 Å². The molecule has 0 heterocycles. The van der Waals surface area contributed by atoms with Gasteiger partial charge in [0.2, 0.25) is 11.8 Å². The van der Waals surface area contributed by atoms with Crippen LogP contribution in [0.15, 0.2) is 23.2 Å². The fourth-order valence-electron chi connectivity index (χ4n) is 4.06. The third-order valence-corrected chi connectivity index (χ3v) is 6.28. The molecule has 0 bridgehead atoms. The number of nitrogens with one attached hydrogen (secondary N) is 2. The highest BCUT2D eigenvalue weighted by molar-refractivity contribution is 5.98. The molecule has 2 amide bonds. The molecule has 0 unspecified atom stereocenters. The minimum atomic E-state index is -0.599. The maximum Gasteiger partial charge on any atom is 0.244 e. The number of guanidine groups is 1. The Kier molecular flexibility index (Phi) is 11.0. The molecular weight excluding hydrogens is 420 g/mol. The van der Waals surface area contributed by atoms with Gasteiger partial charge in [0.05, 0.1) is 20.6 Å². The zero-order chi connectivity index (χ0) is 24.2. The van der Waals surface area contributed by atoms with E-state index in [-0.39, 0.29) is 24.2 Å². The van der Waals surface area contributed by atoms with Gasteiger partial charge in [0, 0.05) is 6.54 Å². The maximum absolute atomic E-state index is 12.9. The van der Waals surface area contributed by atoms with Crippen LogP contribution in [0.5, 0.6) is 11.5 Å². The van der Waals surface area contributed by atoms with Crippen molar-refractivity contribution in [3.8, 4) is 11.5 Å². The summed E-state index contributed by atoms with van der Waals surface area (Å²) in [5.74, 6) is 1.54. The summed E-state index contributed by atoms with van der Waals surface area (Å²) in [4.78, 5) is 29.8. The van der Waals surface area contributed by atoms with Crippen molar-refractivity contribution >= 4 is 17.8 Å². The summed E-state index contributed by atoms with van der Waals surface area (Å²) < 4.78 is 10.5. The van der Waals surface area contributed by atoms with E-state index < -0.39 is 6.04 Å². The first-order valence-electron chi connectivity index (χ1n) is 12.0. The van der Waals surface area contributed by atoms with Gasteiger partial charge in [0.15, 0.2) is 17.5 Å². The van der Waals surface area contributed by atoms with Crippen LogP contribution in [-0.4, -0.2) is 44.6 Å². The average molecular weight is 461 g/mol. The first-order chi connectivity index (χ1) is 15.9. The Morgan fingerprint density at radius 1 is 1.15 bits per heavy atom. The Balaban J connectivity index is 2.03. The summed E-state index contributed by atoms with van der Waals surface area (Å²) in [5.41, 5.74) is 6.80. The Labute approximate surface area is 197 Å². The lowest BCUT2D eigenvalue weighted by molar-refractivity contribution is -0.123. The molecular formula is C25H40N4O4. The smallest absolute Gasteiger partial charge is 0.244 e. The zero-order valence-corrected chi connectivity index (χ0v) is 20.5. The van der Waals surface area contributed by atoms with Crippen LogP contribution in [-0.2, 0) is 16.0 Å². The molecule has 8 heteroatoms. The van der Waals surface area contributed by atoms with Gasteiger partial charge in [-0.05, 0) is 36.0 Å². The molecule has 1 aromatic carbocycles. The second-order valence-electron chi connectivity index (χ2n) is 8.94. The number of nitrogens with zero attached hydrogens (tertiary/aromatic N) is 1. The van der Waals surface area contributed by atoms with Crippen molar-refractivity contribution in [1.82, 2.24) is 10.6 Å². The quantitative estimate of drug-likeness (QED) is 0.347. The lowest BCUT2D eigenvalue weighted by Gasteiger charge is -2.25. The van der Waals surface area contributed by atoms with Gasteiger partial charge in [-0.15, -0.1) is 0 Å². The van der Waals surface area contributed by atoms with E-state index in [2.05, 4.69) is 29.5 Å². The van der Waals surface area contributed by atoms with E-state index in [0.29, 0.717) is 36.3 Å². The van der Waals surface area contributed by atoms with Gasteiger partial charge in [-0.25, -0.2) is 4.99 Å². The van der Waals surface area contributed by atoms with E-state index in [1.807, 2.05) is 0 Å². The van der Waals surface area contributed by atoms with Crippen molar-refractivity contribution in [2.45, 2.75) is 71.3 Å². The van der Waals surface area contributed by atoms with Crippen molar-refractivity contribution in [2.24, 2.45) is 22.6 Å². The molecule has 0 radical (unpaired) electrons. The number of carbonyl (C=O) groups excluding carboxylic acids is 2. The van der Waals surface area contributed by atoms with E-state index >= 15 is 0 Å². The van der Waals surface area contributed by atoms with Crippen LogP contribution < -0.4 is 25.8 Å². The van der Waals surface area contributed by atoms with Crippen molar-refractivity contribution in [3.63, 3.8) is 0 Å². The number of amides is 2. The first-order valence-corrected chi connectivity index (χ1v) is 12.0. The lowest BCUT2D eigenvalue weighted by Crippen LogP contribution is -2.42. The van der Waals surface area contributed by atoms with Gasteiger partial charge < -0.3 is 20.5 Å². The Bertz CT molecular complexity index is 806. The number of nitrogens with two attached hydrogens (primary N) is 1. The third kappa shape index (κ3) is 8.94. The zero-order valence-electron chi connectivity index (χ0n) is 20.5. The fourth-order valence-corrected chi connectivity index (χ4v) is 4.06. The Morgan fingerprint density at radius 3 is 2.48 bits per heavy atom. The number of ether oxygens (including phenoxy) is 2. The van der Waals surface area contributed by atoms with Crippen molar-refractivity contribution < 1.29 is 19.1 Å². The summed E-state index contributed by atoms with van der Waals surface area (Å²) in [6.45, 7) is 4.81. The lowest BCUT2D eigenvalue weighted by atomic mass is 9.84. The highest BCUT2D eigenvalue weighted by Gasteiger charge is 2.25. The minimum absolute atomic E-state index is 0.0278. The molecule has 1 saturated carbocycles. The normalized spacial score (nSPS) is 16.5. The number of carbonyl (C=O) groups is 2. The maximum atomic E-state index is 12.9. The molecule has 33 heavy (non-hydrogen) atoms. The summed E-state index contributed by atoms with van der Waals surface area (Å²) >= 11 is 0. The summed E-state index contributed by atoms with van der Waals surface area (Å²) in [6.07, 6.45) is 7.58. The molecule has 1 aliphatic rings. The van der Waals surface area contributed by atoms with Gasteiger partial charge in [-0.3, -0.25) is 14.9 Å². The molecule has 1 fully saturated rings. The van der Waals surface area contributed by atoms with Crippen LogP contribution >= 0.6 is 0 Å². The number of hydrogen-bond donors (Lipinski definition) is 3. The molecule has 8 nitrogen and oxygen atoms in total. The van der Waals surface area contributed by atoms with Gasteiger partial charge >= 0.3 is 0 Å². The van der Waals surface area contributed by atoms with E-state index in [1.54, 1.807) is 32.4 Å². The second-order valence-corrected chi connectivity index (χ2v) is 8.94. The van der Waals surface area contributed by atoms with Crippen LogP contribution in [0.4, 0.5) is 0 Å². The number of aliphatic imine (C=N–C) groups is 1. The molecule has 0 spiro atoms. The van der Waals surface area contributed by atoms with E-state index in [1.165, 1.54) is 19.3 Å². The van der Waals surface area contributed by atoms with Gasteiger partial charge in [0.1, 0.15) is 6.04 Å². The fraction of sp³-hybridized carbons (Fsp3) is 0.640. The third-order valence-electron chi connectivity index (χ3n) is 6.28. The van der Waals surface area contributed by atoms with E-state index in [4.69, 9.17) is 15.2 Å². The number of rotatable bonds is 11. The van der Waals surface area contributed by atoms with Crippen LogP contribution in [0.2, 0.25) is 0 Å². The highest BCUT2D eigenvalue weighted by Crippen LogP contribution is 2.29. The van der Waals surface area contributed by atoms with E-state index in [0.717, 1.165) is 24.8 Å². The Hall–Kier alpha value is -2.77. The van der Waals surface area contributed by atoms with Crippen molar-refractivity contribution in [2.75, 3.05) is 20.8 Å². The molecule has 0 aliphatic heterocycles. The molecule has 4 N–H and O–H groups in total. The first kappa shape index (κ1) is 26.5. The summed E-state index contributed by atoms with van der Waals surface area (Å²) in [6, 6.07) is 4.70. The summed E-state index contributed by atoms with van der Waals surface area (Å²) in [5, 5.41) is 5.63. The highest BCUT2D eigenvalue weighted by atomic mass is 16.5. The molecule has 2 rings (SSSR count). The second kappa shape index (κ2) is 13.7. The topological polar surface area (TPSA) is 115 Å². The SMILES string of the molecule is CC[C@H](C)CNC(=O)[C@@H](CC1CCCCC1)N=C(N)NC(=O)Cc1ccc(OC)c(OC)c1. The molecule has 0 saturated heterocycles. The van der Waals surface area contributed by atoms with Crippen LogP contribution in [0.3, 0.4) is 0 Å². The monoisotopic (exact) mass is 460 g/mol. The van der Waals surface area contributed by atoms with Gasteiger partial charge in [-0.1, -0.05) is 58.4 Å². The van der Waals surface area contributed by atoms with Gasteiger partial charge in [-0.2, -0.15) is 0 Å². The number of benzene rings is 1. The van der Waals surface area contributed by atoms with Crippen LogP contribution in [0, 0.1) is 11.8 Å². The predicted octanol–water partition coefficient (Wildman–Crippen LogP) is 3.18. The molecule has 1 aliphatic carbocycles. The summed E-state index contributed by atoms with van der Waals surface area (Å²) in [7, 11) is 3.11. The predicted molar refractivity (Wildman–Crippen MR) is 130 cm³/mol. The molecule has 1 aromatic rings. The van der Waals surface area contributed by atoms with Crippen molar-refractivity contribution in [1.29, 1.82) is 0 Å².